The molecule has 0 atom stereocenters. The van der Waals surface area contributed by atoms with Gasteiger partial charge in [0.25, 0.3) is 0 Å². The zero-order chi connectivity index (χ0) is 17.0. The zero-order valence-electron chi connectivity index (χ0n) is 13.5. The molecule has 5 aromatic rings. The van der Waals surface area contributed by atoms with E-state index in [2.05, 4.69) is 9.97 Å². The van der Waals surface area contributed by atoms with Gasteiger partial charge in [-0.1, -0.05) is 36.4 Å². The number of aromatic amines is 1. The summed E-state index contributed by atoms with van der Waals surface area (Å²) in [5, 5.41) is 3.07. The standard InChI is InChI=1S/C21H14N2O2/c1-12-6-8-17-18(10-12)23-20(22-17)16-11-15-14-5-3-2-4-13(14)7-9-19(15)25-21(16)24/h2-11H,1H3,(H,22,23). The van der Waals surface area contributed by atoms with E-state index in [0.717, 1.165) is 32.8 Å². The van der Waals surface area contributed by atoms with E-state index >= 15 is 0 Å². The van der Waals surface area contributed by atoms with Crippen LogP contribution in [0.1, 0.15) is 5.56 Å². The lowest BCUT2D eigenvalue weighted by Crippen LogP contribution is -2.03. The number of nitrogens with zero attached hydrogens (tertiary/aromatic N) is 1. The van der Waals surface area contributed by atoms with Gasteiger partial charge in [0.05, 0.1) is 11.0 Å². The Hall–Kier alpha value is -3.40. The third-order valence-corrected chi connectivity index (χ3v) is 4.53. The van der Waals surface area contributed by atoms with Crippen LogP contribution in [0.2, 0.25) is 0 Å². The minimum Gasteiger partial charge on any atom is -0.422 e. The summed E-state index contributed by atoms with van der Waals surface area (Å²) in [6.07, 6.45) is 0. The normalized spacial score (nSPS) is 11.6. The maximum Gasteiger partial charge on any atom is 0.347 e. The number of aryl methyl sites for hydroxylation is 1. The van der Waals surface area contributed by atoms with E-state index in [1.807, 2.05) is 67.6 Å². The molecule has 0 unspecified atom stereocenters. The van der Waals surface area contributed by atoms with Gasteiger partial charge in [-0.25, -0.2) is 9.78 Å². The average Bonchev–Trinajstić information content (AvgIpc) is 3.03. The number of aromatic nitrogens is 2. The fraction of sp³-hybridized carbons (Fsp3) is 0.0476. The highest BCUT2D eigenvalue weighted by Gasteiger charge is 2.13. The molecule has 0 saturated carbocycles. The summed E-state index contributed by atoms with van der Waals surface area (Å²) in [6.45, 7) is 2.02. The van der Waals surface area contributed by atoms with Crippen LogP contribution in [-0.2, 0) is 0 Å². The van der Waals surface area contributed by atoms with Gasteiger partial charge in [0.1, 0.15) is 17.0 Å². The molecule has 0 fully saturated rings. The predicted octanol–water partition coefficient (Wildman–Crippen LogP) is 4.80. The van der Waals surface area contributed by atoms with Crippen LogP contribution in [0.3, 0.4) is 0 Å². The summed E-state index contributed by atoms with van der Waals surface area (Å²) in [6, 6.07) is 19.7. The molecule has 1 N–H and O–H groups in total. The van der Waals surface area contributed by atoms with E-state index in [-0.39, 0.29) is 0 Å². The van der Waals surface area contributed by atoms with Gasteiger partial charge < -0.3 is 9.40 Å². The van der Waals surface area contributed by atoms with E-state index in [1.54, 1.807) is 0 Å². The number of H-pyrrole nitrogens is 1. The molecule has 0 spiro atoms. The second kappa shape index (κ2) is 5.05. The molecule has 0 amide bonds. The van der Waals surface area contributed by atoms with Crippen molar-refractivity contribution in [3.8, 4) is 11.4 Å². The number of benzene rings is 3. The quantitative estimate of drug-likeness (QED) is 0.356. The zero-order valence-corrected chi connectivity index (χ0v) is 13.5. The highest BCUT2D eigenvalue weighted by atomic mass is 16.4. The second-order valence-electron chi connectivity index (χ2n) is 6.25. The number of fused-ring (bicyclic) bond motifs is 4. The molecule has 4 heteroatoms. The lowest BCUT2D eigenvalue weighted by molar-refractivity contribution is 0.563. The van der Waals surface area contributed by atoms with Crippen molar-refractivity contribution in [3.63, 3.8) is 0 Å². The molecule has 4 nitrogen and oxygen atoms in total. The van der Waals surface area contributed by atoms with Gasteiger partial charge in [-0.3, -0.25) is 0 Å². The Kier molecular flexibility index (Phi) is 2.82. The van der Waals surface area contributed by atoms with Crippen molar-refractivity contribution in [1.82, 2.24) is 9.97 Å². The van der Waals surface area contributed by atoms with Gasteiger partial charge in [-0.05, 0) is 47.5 Å². The summed E-state index contributed by atoms with van der Waals surface area (Å²) in [5.74, 6) is 0.532. The fourth-order valence-electron chi connectivity index (χ4n) is 3.29. The van der Waals surface area contributed by atoms with Crippen LogP contribution in [0, 0.1) is 6.92 Å². The SMILES string of the molecule is Cc1ccc2nc(-c3cc4c(ccc5ccccc54)oc3=O)[nH]c2c1. The molecule has 0 aliphatic rings. The second-order valence-corrected chi connectivity index (χ2v) is 6.25. The van der Waals surface area contributed by atoms with Crippen LogP contribution in [0.4, 0.5) is 0 Å². The van der Waals surface area contributed by atoms with Crippen LogP contribution in [0.25, 0.3) is 44.2 Å². The van der Waals surface area contributed by atoms with Gasteiger partial charge >= 0.3 is 5.63 Å². The minimum atomic E-state index is -0.390. The van der Waals surface area contributed by atoms with Crippen LogP contribution in [0.5, 0.6) is 0 Å². The van der Waals surface area contributed by atoms with Crippen molar-refractivity contribution >= 4 is 32.8 Å². The third-order valence-electron chi connectivity index (χ3n) is 4.53. The Morgan fingerprint density at radius 3 is 2.76 bits per heavy atom. The molecular formula is C21H14N2O2. The maximum absolute atomic E-state index is 12.5. The minimum absolute atomic E-state index is 0.390. The topological polar surface area (TPSA) is 58.9 Å². The van der Waals surface area contributed by atoms with Gasteiger partial charge in [0, 0.05) is 5.39 Å². The van der Waals surface area contributed by atoms with Crippen molar-refractivity contribution < 1.29 is 4.42 Å². The van der Waals surface area contributed by atoms with Gasteiger partial charge in [0.15, 0.2) is 0 Å². The molecule has 25 heavy (non-hydrogen) atoms. The van der Waals surface area contributed by atoms with Crippen LogP contribution in [0.15, 0.2) is 69.9 Å². The average molecular weight is 326 g/mol. The predicted molar refractivity (Wildman–Crippen MR) is 99.8 cm³/mol. The summed E-state index contributed by atoms with van der Waals surface area (Å²) < 4.78 is 5.56. The summed E-state index contributed by atoms with van der Waals surface area (Å²) in [7, 11) is 0. The van der Waals surface area contributed by atoms with Crippen molar-refractivity contribution in [2.75, 3.05) is 0 Å². The van der Waals surface area contributed by atoms with Crippen molar-refractivity contribution in [2.45, 2.75) is 6.92 Å². The maximum atomic E-state index is 12.5. The lowest BCUT2D eigenvalue weighted by Gasteiger charge is -2.04. The number of hydrogen-bond acceptors (Lipinski definition) is 3. The first-order chi connectivity index (χ1) is 12.2. The van der Waals surface area contributed by atoms with E-state index in [0.29, 0.717) is 17.0 Å². The first-order valence-electron chi connectivity index (χ1n) is 8.11. The Morgan fingerprint density at radius 2 is 1.84 bits per heavy atom. The molecular weight excluding hydrogens is 312 g/mol. The largest absolute Gasteiger partial charge is 0.422 e. The highest BCUT2D eigenvalue weighted by molar-refractivity contribution is 6.06. The Bertz CT molecular complexity index is 1330. The number of nitrogens with one attached hydrogen (secondary N) is 1. The summed E-state index contributed by atoms with van der Waals surface area (Å²) in [5.41, 5.74) is 3.51. The molecule has 2 aromatic heterocycles. The molecule has 2 heterocycles. The molecule has 5 rings (SSSR count). The molecule has 120 valence electrons. The van der Waals surface area contributed by atoms with Crippen LogP contribution in [-0.4, -0.2) is 9.97 Å². The molecule has 0 radical (unpaired) electrons. The Labute approximate surface area is 142 Å². The number of hydrogen-bond donors (Lipinski definition) is 1. The fourth-order valence-corrected chi connectivity index (χ4v) is 3.29. The van der Waals surface area contributed by atoms with Gasteiger partial charge in [0.2, 0.25) is 0 Å². The van der Waals surface area contributed by atoms with E-state index in [9.17, 15) is 4.79 Å². The van der Waals surface area contributed by atoms with Crippen LogP contribution < -0.4 is 5.63 Å². The number of rotatable bonds is 1. The monoisotopic (exact) mass is 326 g/mol. The van der Waals surface area contributed by atoms with Crippen molar-refractivity contribution in [3.05, 3.63) is 76.6 Å². The summed E-state index contributed by atoms with van der Waals surface area (Å²) in [4.78, 5) is 20.3. The first kappa shape index (κ1) is 14.0. The van der Waals surface area contributed by atoms with Crippen molar-refractivity contribution in [1.29, 1.82) is 0 Å². The first-order valence-corrected chi connectivity index (χ1v) is 8.11. The molecule has 0 aliphatic heterocycles. The smallest absolute Gasteiger partial charge is 0.347 e. The van der Waals surface area contributed by atoms with Crippen LogP contribution >= 0.6 is 0 Å². The molecule has 0 aliphatic carbocycles. The number of imidazole rings is 1. The van der Waals surface area contributed by atoms with Crippen molar-refractivity contribution in [2.24, 2.45) is 0 Å². The molecule has 0 saturated heterocycles. The van der Waals surface area contributed by atoms with Gasteiger partial charge in [-0.2, -0.15) is 0 Å². The Balaban J connectivity index is 1.83. The van der Waals surface area contributed by atoms with E-state index in [4.69, 9.17) is 4.42 Å². The van der Waals surface area contributed by atoms with E-state index in [1.165, 1.54) is 0 Å². The van der Waals surface area contributed by atoms with E-state index < -0.39 is 5.63 Å². The highest BCUT2D eigenvalue weighted by Crippen LogP contribution is 2.28. The molecule has 3 aromatic carbocycles. The Morgan fingerprint density at radius 1 is 0.960 bits per heavy atom. The lowest BCUT2D eigenvalue weighted by atomic mass is 10.0. The molecule has 0 bridgehead atoms. The van der Waals surface area contributed by atoms with Gasteiger partial charge in [-0.15, -0.1) is 0 Å². The third kappa shape index (κ3) is 2.15. The summed E-state index contributed by atoms with van der Waals surface area (Å²) >= 11 is 0.